The molecule has 0 radical (unpaired) electrons. The van der Waals surface area contributed by atoms with Crippen LogP contribution in [0.2, 0.25) is 0 Å². The van der Waals surface area contributed by atoms with Gasteiger partial charge in [-0.2, -0.15) is 0 Å². The summed E-state index contributed by atoms with van der Waals surface area (Å²) in [6.07, 6.45) is 0. The zero-order chi connectivity index (χ0) is 13.8. The predicted molar refractivity (Wildman–Crippen MR) is 69.9 cm³/mol. The fourth-order valence-corrected chi connectivity index (χ4v) is 1.54. The normalized spacial score (nSPS) is 11.2. The molecule has 0 unspecified atom stereocenters. The molecule has 1 heterocycles. The number of carbonyl (C=O) groups is 1. The molecule has 0 aliphatic carbocycles. The van der Waals surface area contributed by atoms with E-state index in [-0.39, 0.29) is 6.61 Å². The zero-order valence-corrected chi connectivity index (χ0v) is 11.9. The van der Waals surface area contributed by atoms with Crippen molar-refractivity contribution in [3.8, 4) is 5.88 Å². The van der Waals surface area contributed by atoms with Crippen molar-refractivity contribution in [3.63, 3.8) is 0 Å². The van der Waals surface area contributed by atoms with E-state index in [2.05, 4.69) is 4.98 Å². The number of pyridine rings is 1. The van der Waals surface area contributed by atoms with Crippen LogP contribution in [0.3, 0.4) is 0 Å². The van der Waals surface area contributed by atoms with E-state index >= 15 is 0 Å². The first-order valence-electron chi connectivity index (χ1n) is 5.69. The van der Waals surface area contributed by atoms with Crippen LogP contribution in [0.1, 0.15) is 32.0 Å². The van der Waals surface area contributed by atoms with Gasteiger partial charge in [0.2, 0.25) is 5.88 Å². The van der Waals surface area contributed by atoms with E-state index in [1.54, 1.807) is 26.8 Å². The average Bonchev–Trinajstić information content (AvgIpc) is 2.25. The molecule has 0 saturated heterocycles. The molecule has 0 bridgehead atoms. The Morgan fingerprint density at radius 1 is 1.39 bits per heavy atom. The molecule has 0 amide bonds. The van der Waals surface area contributed by atoms with E-state index in [1.807, 2.05) is 13.0 Å². The smallest absolute Gasteiger partial charge is 0.344 e. The number of hydrogen-bond acceptors (Lipinski definition) is 4. The van der Waals surface area contributed by atoms with E-state index in [9.17, 15) is 4.79 Å². The van der Waals surface area contributed by atoms with Crippen molar-refractivity contribution in [1.29, 1.82) is 0 Å². The Kier molecular flexibility index (Phi) is 4.96. The molecule has 1 aromatic heterocycles. The lowest BCUT2D eigenvalue weighted by molar-refractivity contribution is -0.157. The summed E-state index contributed by atoms with van der Waals surface area (Å²) in [7, 11) is 0. The third-order valence-electron chi connectivity index (χ3n) is 2.06. The number of alkyl halides is 1. The number of aromatic nitrogens is 1. The summed E-state index contributed by atoms with van der Waals surface area (Å²) in [5, 5.41) is 0. The standard InChI is InChI=1S/C13H18ClNO3/c1-9-5-6-11(15-10(9)7-14)17-8-12(16)18-13(2,3)4/h5-6H,7-8H2,1-4H3. The molecule has 5 heteroatoms. The van der Waals surface area contributed by atoms with Gasteiger partial charge in [0.15, 0.2) is 6.61 Å². The Morgan fingerprint density at radius 3 is 2.61 bits per heavy atom. The lowest BCUT2D eigenvalue weighted by atomic mass is 10.2. The monoisotopic (exact) mass is 271 g/mol. The molecule has 0 N–H and O–H groups in total. The van der Waals surface area contributed by atoms with Crippen LogP contribution in [0.25, 0.3) is 0 Å². The summed E-state index contributed by atoms with van der Waals surface area (Å²) in [5.74, 6) is 0.273. The number of nitrogens with zero attached hydrogens (tertiary/aromatic N) is 1. The van der Waals surface area contributed by atoms with E-state index in [4.69, 9.17) is 21.1 Å². The minimum absolute atomic E-state index is 0.158. The first-order chi connectivity index (χ1) is 8.31. The number of aryl methyl sites for hydroxylation is 1. The van der Waals surface area contributed by atoms with Crippen LogP contribution >= 0.6 is 11.6 Å². The van der Waals surface area contributed by atoms with Gasteiger partial charge in [-0.05, 0) is 33.3 Å². The fraction of sp³-hybridized carbons (Fsp3) is 0.538. The van der Waals surface area contributed by atoms with Crippen molar-refractivity contribution >= 4 is 17.6 Å². The average molecular weight is 272 g/mol. The molecule has 18 heavy (non-hydrogen) atoms. The van der Waals surface area contributed by atoms with Gasteiger partial charge in [0.1, 0.15) is 5.60 Å². The van der Waals surface area contributed by atoms with Crippen molar-refractivity contribution in [2.24, 2.45) is 0 Å². The van der Waals surface area contributed by atoms with Gasteiger partial charge in [-0.15, -0.1) is 11.6 Å². The molecule has 0 saturated carbocycles. The lowest BCUT2D eigenvalue weighted by Crippen LogP contribution is -2.27. The Morgan fingerprint density at radius 2 is 2.06 bits per heavy atom. The van der Waals surface area contributed by atoms with Gasteiger partial charge in [-0.3, -0.25) is 0 Å². The summed E-state index contributed by atoms with van der Waals surface area (Å²) in [6, 6.07) is 3.56. The highest BCUT2D eigenvalue weighted by Gasteiger charge is 2.16. The minimum atomic E-state index is -0.511. The summed E-state index contributed by atoms with van der Waals surface area (Å²) < 4.78 is 10.4. The maximum Gasteiger partial charge on any atom is 0.344 e. The molecule has 1 rings (SSSR count). The molecule has 0 aliphatic heterocycles. The molecule has 1 aromatic rings. The Hall–Kier alpha value is -1.29. The van der Waals surface area contributed by atoms with E-state index < -0.39 is 11.6 Å². The predicted octanol–water partition coefficient (Wildman–Crippen LogP) is 2.85. The highest BCUT2D eigenvalue weighted by Crippen LogP contribution is 2.14. The van der Waals surface area contributed by atoms with Crippen LogP contribution in [-0.4, -0.2) is 23.2 Å². The zero-order valence-electron chi connectivity index (χ0n) is 11.1. The van der Waals surface area contributed by atoms with Crippen LogP contribution in [0.4, 0.5) is 0 Å². The lowest BCUT2D eigenvalue weighted by Gasteiger charge is -2.19. The molecule has 100 valence electrons. The summed E-state index contributed by atoms with van der Waals surface area (Å²) >= 11 is 5.74. The second-order valence-corrected chi connectivity index (χ2v) is 5.19. The summed E-state index contributed by atoms with van der Waals surface area (Å²) in [5.41, 5.74) is 1.23. The SMILES string of the molecule is Cc1ccc(OCC(=O)OC(C)(C)C)nc1CCl. The highest BCUT2D eigenvalue weighted by molar-refractivity contribution is 6.17. The number of carbonyl (C=O) groups excluding carboxylic acids is 1. The van der Waals surface area contributed by atoms with Crippen molar-refractivity contribution < 1.29 is 14.3 Å². The maximum absolute atomic E-state index is 11.5. The first kappa shape index (κ1) is 14.8. The molecular weight excluding hydrogens is 254 g/mol. The van der Waals surface area contributed by atoms with Crippen molar-refractivity contribution in [2.75, 3.05) is 6.61 Å². The van der Waals surface area contributed by atoms with Crippen LogP contribution in [0.15, 0.2) is 12.1 Å². The van der Waals surface area contributed by atoms with Gasteiger partial charge < -0.3 is 9.47 Å². The fourth-order valence-electron chi connectivity index (χ4n) is 1.27. The van der Waals surface area contributed by atoms with Gasteiger partial charge in [0.05, 0.1) is 11.6 Å². The van der Waals surface area contributed by atoms with Crippen molar-refractivity contribution in [3.05, 3.63) is 23.4 Å². The topological polar surface area (TPSA) is 48.4 Å². The second kappa shape index (κ2) is 6.05. The van der Waals surface area contributed by atoms with E-state index in [0.29, 0.717) is 11.8 Å². The molecular formula is C13H18ClNO3. The summed E-state index contributed by atoms with van der Waals surface area (Å²) in [4.78, 5) is 15.6. The largest absolute Gasteiger partial charge is 0.466 e. The van der Waals surface area contributed by atoms with Crippen LogP contribution in [0.5, 0.6) is 5.88 Å². The maximum atomic E-state index is 11.5. The van der Waals surface area contributed by atoms with Gasteiger partial charge in [-0.1, -0.05) is 6.07 Å². The van der Waals surface area contributed by atoms with Crippen LogP contribution in [-0.2, 0) is 15.4 Å². The van der Waals surface area contributed by atoms with E-state index in [0.717, 1.165) is 11.3 Å². The quantitative estimate of drug-likeness (QED) is 0.624. The number of hydrogen-bond donors (Lipinski definition) is 0. The molecule has 0 aromatic carbocycles. The Bertz CT molecular complexity index is 427. The number of rotatable bonds is 4. The minimum Gasteiger partial charge on any atom is -0.466 e. The number of esters is 1. The van der Waals surface area contributed by atoms with Gasteiger partial charge in [0.25, 0.3) is 0 Å². The van der Waals surface area contributed by atoms with Crippen molar-refractivity contribution in [2.45, 2.75) is 39.2 Å². The van der Waals surface area contributed by atoms with Crippen molar-refractivity contribution in [1.82, 2.24) is 4.98 Å². The second-order valence-electron chi connectivity index (χ2n) is 4.92. The van der Waals surface area contributed by atoms with E-state index in [1.165, 1.54) is 0 Å². The van der Waals surface area contributed by atoms with Gasteiger partial charge in [-0.25, -0.2) is 9.78 Å². The molecule has 0 spiro atoms. The third-order valence-corrected chi connectivity index (χ3v) is 2.31. The Labute approximate surface area is 112 Å². The number of halogens is 1. The van der Waals surface area contributed by atoms with Crippen LogP contribution in [0, 0.1) is 6.92 Å². The van der Waals surface area contributed by atoms with Gasteiger partial charge >= 0.3 is 5.97 Å². The highest BCUT2D eigenvalue weighted by atomic mass is 35.5. The first-order valence-corrected chi connectivity index (χ1v) is 6.22. The molecule has 0 atom stereocenters. The summed E-state index contributed by atoms with van der Waals surface area (Å²) in [6.45, 7) is 7.18. The Balaban J connectivity index is 2.56. The van der Waals surface area contributed by atoms with Crippen LogP contribution < -0.4 is 4.74 Å². The molecule has 4 nitrogen and oxygen atoms in total. The molecule has 0 aliphatic rings. The van der Waals surface area contributed by atoms with Gasteiger partial charge in [0, 0.05) is 6.07 Å². The third kappa shape index (κ3) is 4.92. The number of ether oxygens (including phenoxy) is 2. The molecule has 0 fully saturated rings.